The van der Waals surface area contributed by atoms with E-state index in [-0.39, 0.29) is 25.4 Å². The number of benzene rings is 2. The smallest absolute Gasteiger partial charge is 0.408 e. The number of nitrogens with zero attached hydrogens (tertiary/aromatic N) is 1. The van der Waals surface area contributed by atoms with E-state index in [9.17, 15) is 29.4 Å². The molecule has 0 aliphatic heterocycles. The number of aliphatic hydroxyl groups is 1. The molecule has 0 unspecified atom stereocenters. The van der Waals surface area contributed by atoms with Gasteiger partial charge in [-0.15, -0.1) is 0 Å². The molecule has 14 heteroatoms. The first-order valence-electron chi connectivity index (χ1n) is 12.9. The number of hydrazone groups is 1. The highest BCUT2D eigenvalue weighted by Crippen LogP contribution is 2.25. The van der Waals surface area contributed by atoms with E-state index >= 15 is 0 Å². The zero-order chi connectivity index (χ0) is 31.3. The average molecular weight is 652 g/mol. The van der Waals surface area contributed by atoms with E-state index in [1.165, 1.54) is 18.3 Å². The normalized spacial score (nSPS) is 12.6. The van der Waals surface area contributed by atoms with Gasteiger partial charge in [0.1, 0.15) is 29.2 Å². The van der Waals surface area contributed by atoms with Crippen LogP contribution in [0.4, 0.5) is 4.79 Å². The minimum atomic E-state index is -1.39. The summed E-state index contributed by atoms with van der Waals surface area (Å²) in [5.41, 5.74) is 2.73. The molecule has 42 heavy (non-hydrogen) atoms. The number of hydrogen-bond donors (Lipinski definition) is 5. The highest BCUT2D eigenvalue weighted by atomic mass is 79.9. The molecule has 0 bridgehead atoms. The van der Waals surface area contributed by atoms with Gasteiger partial charge in [0.2, 0.25) is 5.91 Å². The van der Waals surface area contributed by atoms with Crippen LogP contribution in [0.2, 0.25) is 0 Å². The fourth-order valence-corrected chi connectivity index (χ4v) is 3.81. The summed E-state index contributed by atoms with van der Waals surface area (Å²) >= 11 is 3.35. The Labute approximate surface area is 251 Å². The Kier molecular flexibility index (Phi) is 13.2. The van der Waals surface area contributed by atoms with Gasteiger partial charge in [-0.25, -0.2) is 15.0 Å². The molecule has 228 valence electrons. The molecule has 0 spiro atoms. The Morgan fingerprint density at radius 3 is 2.31 bits per heavy atom. The number of halogens is 1. The van der Waals surface area contributed by atoms with E-state index in [2.05, 4.69) is 37.1 Å². The molecule has 0 aliphatic rings. The van der Waals surface area contributed by atoms with Crippen molar-refractivity contribution in [3.63, 3.8) is 0 Å². The summed E-state index contributed by atoms with van der Waals surface area (Å²) in [6, 6.07) is 8.37. The van der Waals surface area contributed by atoms with Crippen molar-refractivity contribution in [3.05, 3.63) is 58.1 Å². The minimum Gasteiger partial charge on any atom is -0.508 e. The number of aromatic hydroxyl groups is 1. The van der Waals surface area contributed by atoms with Gasteiger partial charge in [0.05, 0.1) is 23.9 Å². The highest BCUT2D eigenvalue weighted by molar-refractivity contribution is 9.10. The van der Waals surface area contributed by atoms with Gasteiger partial charge >= 0.3 is 12.1 Å². The number of phenols is 1. The van der Waals surface area contributed by atoms with Gasteiger partial charge in [-0.1, -0.05) is 12.1 Å². The van der Waals surface area contributed by atoms with Crippen LogP contribution in [-0.4, -0.2) is 77.8 Å². The van der Waals surface area contributed by atoms with E-state index < -0.39 is 48.2 Å². The molecule has 0 heterocycles. The van der Waals surface area contributed by atoms with Gasteiger partial charge in [-0.05, 0) is 85.1 Å². The number of aliphatic hydroxyl groups excluding tert-OH is 1. The fourth-order valence-electron chi connectivity index (χ4n) is 3.30. The fraction of sp³-hybridized carbons (Fsp3) is 0.393. The molecular formula is C28H35BrN4O9. The van der Waals surface area contributed by atoms with Crippen molar-refractivity contribution in [1.29, 1.82) is 0 Å². The summed E-state index contributed by atoms with van der Waals surface area (Å²) < 4.78 is 15.9. The number of nitrogens with one attached hydrogen (secondary N) is 3. The van der Waals surface area contributed by atoms with E-state index in [1.807, 2.05) is 0 Å². The molecule has 2 aromatic rings. The maximum Gasteiger partial charge on any atom is 0.408 e. The minimum absolute atomic E-state index is 0.00993. The number of amides is 3. The SMILES string of the molecule is CCOC(=O)COc1ccc(/C=N\NC(=O)[C@H](Cc2ccc(O)cc2)NC(=O)[C@H](CO)NC(=O)OC(C)(C)C)cc1Br. The van der Waals surface area contributed by atoms with Crippen molar-refractivity contribution < 1.29 is 43.6 Å². The second-order valence-electron chi connectivity index (χ2n) is 9.83. The van der Waals surface area contributed by atoms with Crippen molar-refractivity contribution >= 4 is 46.0 Å². The lowest BCUT2D eigenvalue weighted by atomic mass is 10.0. The molecule has 2 aromatic carbocycles. The lowest BCUT2D eigenvalue weighted by Crippen LogP contribution is -2.55. The van der Waals surface area contributed by atoms with E-state index in [4.69, 9.17) is 14.2 Å². The first-order chi connectivity index (χ1) is 19.8. The van der Waals surface area contributed by atoms with Crippen molar-refractivity contribution in [3.8, 4) is 11.5 Å². The van der Waals surface area contributed by atoms with Crippen molar-refractivity contribution in [2.24, 2.45) is 5.10 Å². The first-order valence-corrected chi connectivity index (χ1v) is 13.7. The molecule has 0 saturated heterocycles. The molecule has 0 saturated carbocycles. The molecule has 2 atom stereocenters. The standard InChI is InChI=1S/C28H35BrN4O9/c1-5-40-24(36)16-41-23-11-8-18(12-20(23)29)14-30-33-26(38)21(13-17-6-9-19(35)10-7-17)31-25(37)22(15-34)32-27(39)42-28(2,3)4/h6-12,14,21-22,34-35H,5,13,15-16H2,1-4H3,(H,31,37)(H,32,39)(H,33,38)/b30-14-/t21-,22-/m0/s1. The Morgan fingerprint density at radius 1 is 1.02 bits per heavy atom. The monoisotopic (exact) mass is 650 g/mol. The van der Waals surface area contributed by atoms with Gasteiger partial charge in [0.25, 0.3) is 5.91 Å². The van der Waals surface area contributed by atoms with Crippen LogP contribution in [0.15, 0.2) is 52.0 Å². The number of carbonyl (C=O) groups excluding carboxylic acids is 4. The van der Waals surface area contributed by atoms with Crippen molar-refractivity contribution in [1.82, 2.24) is 16.1 Å². The largest absolute Gasteiger partial charge is 0.508 e. The third-order valence-electron chi connectivity index (χ3n) is 5.19. The van der Waals surface area contributed by atoms with Crippen molar-refractivity contribution in [2.75, 3.05) is 19.8 Å². The summed E-state index contributed by atoms with van der Waals surface area (Å²) in [5.74, 6) is -1.58. The zero-order valence-corrected chi connectivity index (χ0v) is 25.3. The maximum absolute atomic E-state index is 13.0. The summed E-state index contributed by atoms with van der Waals surface area (Å²) in [5, 5.41) is 28.0. The Bertz CT molecular complexity index is 1260. The molecule has 0 aromatic heterocycles. The van der Waals surface area contributed by atoms with Crippen LogP contribution in [0.3, 0.4) is 0 Å². The third-order valence-corrected chi connectivity index (χ3v) is 5.81. The summed E-state index contributed by atoms with van der Waals surface area (Å²) in [6.45, 7) is 5.87. The number of carbonyl (C=O) groups is 4. The maximum atomic E-state index is 13.0. The second kappa shape index (κ2) is 16.3. The number of esters is 1. The van der Waals surface area contributed by atoms with Crippen LogP contribution in [0.1, 0.15) is 38.8 Å². The quantitative estimate of drug-likeness (QED) is 0.123. The molecule has 0 aliphatic carbocycles. The van der Waals surface area contributed by atoms with E-state index in [1.54, 1.807) is 58.0 Å². The lowest BCUT2D eigenvalue weighted by Gasteiger charge is -2.24. The molecule has 0 radical (unpaired) electrons. The third kappa shape index (κ3) is 12.1. The van der Waals surface area contributed by atoms with Crippen LogP contribution in [0.25, 0.3) is 0 Å². The zero-order valence-electron chi connectivity index (χ0n) is 23.7. The van der Waals surface area contributed by atoms with Gasteiger partial charge in [-0.2, -0.15) is 5.10 Å². The average Bonchev–Trinajstić information content (AvgIpc) is 2.91. The van der Waals surface area contributed by atoms with Gasteiger partial charge in [0.15, 0.2) is 6.61 Å². The Balaban J connectivity index is 2.11. The number of alkyl carbamates (subject to hydrolysis) is 1. The Hall–Kier alpha value is -4.17. The predicted octanol–water partition coefficient (Wildman–Crippen LogP) is 2.16. The van der Waals surface area contributed by atoms with Gasteiger partial charge in [-0.3, -0.25) is 9.59 Å². The molecule has 5 N–H and O–H groups in total. The van der Waals surface area contributed by atoms with Crippen LogP contribution < -0.4 is 20.8 Å². The lowest BCUT2D eigenvalue weighted by molar-refractivity contribution is -0.145. The number of rotatable bonds is 13. The summed E-state index contributed by atoms with van der Waals surface area (Å²) in [7, 11) is 0. The topological polar surface area (TPSA) is 185 Å². The molecular weight excluding hydrogens is 616 g/mol. The van der Waals surface area contributed by atoms with Crippen LogP contribution in [0.5, 0.6) is 11.5 Å². The van der Waals surface area contributed by atoms with E-state index in [0.717, 1.165) is 0 Å². The Morgan fingerprint density at radius 2 is 1.71 bits per heavy atom. The number of phenolic OH excluding ortho intramolecular Hbond substituents is 1. The molecule has 0 fully saturated rings. The van der Waals surface area contributed by atoms with Gasteiger partial charge < -0.3 is 35.1 Å². The molecule has 3 amide bonds. The summed E-state index contributed by atoms with van der Waals surface area (Å²) in [6.07, 6.45) is 0.456. The molecule has 13 nitrogen and oxygen atoms in total. The highest BCUT2D eigenvalue weighted by Gasteiger charge is 2.28. The van der Waals surface area contributed by atoms with Gasteiger partial charge in [0, 0.05) is 6.42 Å². The van der Waals surface area contributed by atoms with Crippen LogP contribution in [-0.2, 0) is 30.3 Å². The van der Waals surface area contributed by atoms with Crippen LogP contribution in [0, 0.1) is 0 Å². The second-order valence-corrected chi connectivity index (χ2v) is 10.7. The van der Waals surface area contributed by atoms with E-state index in [0.29, 0.717) is 21.3 Å². The van der Waals surface area contributed by atoms with Crippen LogP contribution >= 0.6 is 15.9 Å². The predicted molar refractivity (Wildman–Crippen MR) is 156 cm³/mol. The number of hydrogen-bond acceptors (Lipinski definition) is 10. The summed E-state index contributed by atoms with van der Waals surface area (Å²) in [4.78, 5) is 49.5. The first kappa shape index (κ1) is 34.0. The number of ether oxygens (including phenoxy) is 3. The molecule has 2 rings (SSSR count). The van der Waals surface area contributed by atoms with Crippen molar-refractivity contribution in [2.45, 2.75) is 51.8 Å².